The van der Waals surface area contributed by atoms with E-state index in [0.29, 0.717) is 17.3 Å². The molecule has 7 heteroatoms. The van der Waals surface area contributed by atoms with Crippen LogP contribution in [0, 0.1) is 6.92 Å². The lowest BCUT2D eigenvalue weighted by Gasteiger charge is -2.06. The number of carbonyl (C=O) groups is 1. The van der Waals surface area contributed by atoms with Gasteiger partial charge in [0.2, 0.25) is 5.76 Å². The van der Waals surface area contributed by atoms with Gasteiger partial charge in [0.1, 0.15) is 21.4 Å². The minimum absolute atomic E-state index is 0.0508. The fourth-order valence-electron chi connectivity index (χ4n) is 2.66. The average Bonchev–Trinajstić information content (AvgIpc) is 3.27. The van der Waals surface area contributed by atoms with Gasteiger partial charge in [0.15, 0.2) is 0 Å². The van der Waals surface area contributed by atoms with Crippen LogP contribution < -0.4 is 0 Å². The lowest BCUT2D eigenvalue weighted by Crippen LogP contribution is -1.93. The third-order valence-electron chi connectivity index (χ3n) is 3.82. The molecular formula is C19H14N2O3S2. The highest BCUT2D eigenvalue weighted by Gasteiger charge is 2.16. The number of furan rings is 1. The summed E-state index contributed by atoms with van der Waals surface area (Å²) in [5, 5.41) is 13.0. The number of benzene rings is 1. The molecule has 0 fully saturated rings. The van der Waals surface area contributed by atoms with Crippen LogP contribution in [0.2, 0.25) is 0 Å². The zero-order valence-corrected chi connectivity index (χ0v) is 15.4. The Morgan fingerprint density at radius 2 is 2.00 bits per heavy atom. The molecule has 0 spiro atoms. The van der Waals surface area contributed by atoms with Crippen molar-refractivity contribution in [1.82, 2.24) is 9.97 Å². The highest BCUT2D eigenvalue weighted by atomic mass is 32.2. The first-order valence-corrected chi connectivity index (χ1v) is 9.74. The fraction of sp³-hybridized carbons (Fsp3) is 0.105. The minimum atomic E-state index is -1.06. The summed E-state index contributed by atoms with van der Waals surface area (Å²) in [5.41, 5.74) is 2.23. The predicted octanol–water partition coefficient (Wildman–Crippen LogP) is 5.25. The number of carboxylic acids is 1. The van der Waals surface area contributed by atoms with Gasteiger partial charge in [0.05, 0.1) is 11.1 Å². The monoisotopic (exact) mass is 382 g/mol. The molecule has 4 rings (SSSR count). The molecule has 0 amide bonds. The van der Waals surface area contributed by atoms with E-state index in [9.17, 15) is 4.79 Å². The van der Waals surface area contributed by atoms with Crippen molar-refractivity contribution in [3.8, 4) is 11.1 Å². The van der Waals surface area contributed by atoms with E-state index in [1.54, 1.807) is 17.4 Å². The number of thiophene rings is 1. The normalized spacial score (nSPS) is 11.1. The first-order chi connectivity index (χ1) is 12.6. The van der Waals surface area contributed by atoms with Crippen molar-refractivity contribution in [1.29, 1.82) is 0 Å². The van der Waals surface area contributed by atoms with Crippen molar-refractivity contribution in [3.63, 3.8) is 0 Å². The van der Waals surface area contributed by atoms with Gasteiger partial charge in [-0.3, -0.25) is 0 Å². The van der Waals surface area contributed by atoms with E-state index in [2.05, 4.69) is 27.5 Å². The van der Waals surface area contributed by atoms with Crippen LogP contribution in [-0.2, 0) is 5.75 Å². The highest BCUT2D eigenvalue weighted by molar-refractivity contribution is 7.98. The van der Waals surface area contributed by atoms with Crippen molar-refractivity contribution in [2.45, 2.75) is 17.7 Å². The molecule has 3 heterocycles. The van der Waals surface area contributed by atoms with Crippen LogP contribution in [0.3, 0.4) is 0 Å². The Bertz CT molecular complexity index is 1090. The molecule has 0 saturated heterocycles. The summed E-state index contributed by atoms with van der Waals surface area (Å²) < 4.78 is 5.34. The van der Waals surface area contributed by atoms with Crippen LogP contribution in [0.1, 0.15) is 22.1 Å². The number of aryl methyl sites for hydroxylation is 1. The molecule has 4 aromatic rings. The largest absolute Gasteiger partial charge is 0.475 e. The zero-order valence-electron chi connectivity index (χ0n) is 13.8. The summed E-state index contributed by atoms with van der Waals surface area (Å²) in [7, 11) is 0. The van der Waals surface area contributed by atoms with E-state index in [1.807, 2.05) is 25.1 Å². The summed E-state index contributed by atoms with van der Waals surface area (Å²) >= 11 is 3.13. The number of hydrogen-bond acceptors (Lipinski definition) is 6. The minimum Gasteiger partial charge on any atom is -0.475 e. The van der Waals surface area contributed by atoms with Gasteiger partial charge in [-0.05, 0) is 24.6 Å². The van der Waals surface area contributed by atoms with Crippen LogP contribution in [0.4, 0.5) is 0 Å². The molecule has 0 aliphatic heterocycles. The number of aromatic nitrogens is 2. The molecule has 0 aliphatic rings. The standard InChI is InChI=1S/C19H14N2O3S2/c1-11-20-17(25-9-13-7-8-15(24-13)19(22)23)16-14(10-26-18(16)21-11)12-5-3-2-4-6-12/h2-8,10H,9H2,1H3,(H,22,23). The maximum atomic E-state index is 11.0. The molecule has 3 aromatic heterocycles. The molecule has 0 saturated carbocycles. The smallest absolute Gasteiger partial charge is 0.371 e. The van der Waals surface area contributed by atoms with E-state index in [1.165, 1.54) is 17.8 Å². The van der Waals surface area contributed by atoms with Crippen LogP contribution in [0.15, 0.2) is 57.3 Å². The van der Waals surface area contributed by atoms with Crippen LogP contribution in [0.25, 0.3) is 21.3 Å². The van der Waals surface area contributed by atoms with Gasteiger partial charge in [0.25, 0.3) is 0 Å². The Kier molecular flexibility index (Phi) is 4.48. The molecule has 0 radical (unpaired) electrons. The third kappa shape index (κ3) is 3.23. The summed E-state index contributed by atoms with van der Waals surface area (Å²) in [6.07, 6.45) is 0. The molecule has 26 heavy (non-hydrogen) atoms. The lowest BCUT2D eigenvalue weighted by molar-refractivity contribution is 0.0661. The van der Waals surface area contributed by atoms with Gasteiger partial charge in [-0.2, -0.15) is 0 Å². The van der Waals surface area contributed by atoms with E-state index < -0.39 is 5.97 Å². The van der Waals surface area contributed by atoms with Crippen LogP contribution in [0.5, 0.6) is 0 Å². The molecule has 0 aliphatic carbocycles. The van der Waals surface area contributed by atoms with Crippen molar-refractivity contribution in [2.75, 3.05) is 0 Å². The molecule has 1 aromatic carbocycles. The Balaban J connectivity index is 1.71. The molecule has 0 bridgehead atoms. The first-order valence-electron chi connectivity index (χ1n) is 7.88. The molecule has 130 valence electrons. The Morgan fingerprint density at radius 1 is 1.19 bits per heavy atom. The van der Waals surface area contributed by atoms with Crippen molar-refractivity contribution in [2.24, 2.45) is 0 Å². The number of thioether (sulfide) groups is 1. The van der Waals surface area contributed by atoms with Gasteiger partial charge in [0, 0.05) is 10.9 Å². The van der Waals surface area contributed by atoms with Gasteiger partial charge >= 0.3 is 5.97 Å². The lowest BCUT2D eigenvalue weighted by atomic mass is 10.1. The second-order valence-electron chi connectivity index (χ2n) is 5.63. The van der Waals surface area contributed by atoms with Crippen molar-refractivity contribution in [3.05, 3.63) is 65.2 Å². The van der Waals surface area contributed by atoms with Crippen LogP contribution in [-0.4, -0.2) is 21.0 Å². The van der Waals surface area contributed by atoms with E-state index in [-0.39, 0.29) is 5.76 Å². The fourth-order valence-corrected chi connectivity index (χ4v) is 4.70. The van der Waals surface area contributed by atoms with Gasteiger partial charge in [-0.25, -0.2) is 14.8 Å². The highest BCUT2D eigenvalue weighted by Crippen LogP contribution is 2.39. The second kappa shape index (κ2) is 6.93. The number of rotatable bonds is 5. The summed E-state index contributed by atoms with van der Waals surface area (Å²) in [5.74, 6) is 0.708. The average molecular weight is 382 g/mol. The quantitative estimate of drug-likeness (QED) is 0.375. The topological polar surface area (TPSA) is 76.2 Å². The molecular weight excluding hydrogens is 368 g/mol. The van der Waals surface area contributed by atoms with Crippen molar-refractivity contribution < 1.29 is 14.3 Å². The second-order valence-corrected chi connectivity index (χ2v) is 7.45. The zero-order chi connectivity index (χ0) is 18.1. The summed E-state index contributed by atoms with van der Waals surface area (Å²) in [6, 6.07) is 13.3. The van der Waals surface area contributed by atoms with E-state index in [4.69, 9.17) is 9.52 Å². The number of aromatic carboxylic acids is 1. The van der Waals surface area contributed by atoms with E-state index in [0.717, 1.165) is 26.4 Å². The first kappa shape index (κ1) is 16.8. The maximum absolute atomic E-state index is 11.0. The van der Waals surface area contributed by atoms with Crippen molar-refractivity contribution >= 4 is 39.3 Å². The van der Waals surface area contributed by atoms with E-state index >= 15 is 0 Å². The molecule has 0 unspecified atom stereocenters. The van der Waals surface area contributed by atoms with Gasteiger partial charge in [-0.1, -0.05) is 42.1 Å². The number of carboxylic acid groups (broad SMARTS) is 1. The number of fused-ring (bicyclic) bond motifs is 1. The molecule has 0 atom stereocenters. The number of hydrogen-bond donors (Lipinski definition) is 1. The van der Waals surface area contributed by atoms with Gasteiger partial charge < -0.3 is 9.52 Å². The SMILES string of the molecule is Cc1nc(SCc2ccc(C(=O)O)o2)c2c(-c3ccccc3)csc2n1. The molecule has 1 N–H and O–H groups in total. The summed E-state index contributed by atoms with van der Waals surface area (Å²) in [4.78, 5) is 21.1. The van der Waals surface area contributed by atoms with Crippen LogP contribution >= 0.6 is 23.1 Å². The Labute approximate surface area is 157 Å². The summed E-state index contributed by atoms with van der Waals surface area (Å²) in [6.45, 7) is 1.88. The third-order valence-corrected chi connectivity index (χ3v) is 5.69. The Hall–Kier alpha value is -2.64. The number of nitrogens with zero attached hydrogens (tertiary/aromatic N) is 2. The predicted molar refractivity (Wildman–Crippen MR) is 103 cm³/mol. The Morgan fingerprint density at radius 3 is 2.73 bits per heavy atom. The van der Waals surface area contributed by atoms with Gasteiger partial charge in [-0.15, -0.1) is 11.3 Å². The maximum Gasteiger partial charge on any atom is 0.371 e. The molecule has 5 nitrogen and oxygen atoms in total.